The van der Waals surface area contributed by atoms with E-state index in [4.69, 9.17) is 25.8 Å². The van der Waals surface area contributed by atoms with Gasteiger partial charge in [0.25, 0.3) is 5.91 Å². The highest BCUT2D eigenvalue weighted by Crippen LogP contribution is 2.36. The molecule has 1 fully saturated rings. The van der Waals surface area contributed by atoms with Crippen molar-refractivity contribution >= 4 is 29.6 Å². The molecular weight excluding hydrogens is 358 g/mol. The maximum atomic E-state index is 11.9. The van der Waals surface area contributed by atoms with Gasteiger partial charge in [0.15, 0.2) is 17.6 Å². The Balaban J connectivity index is 1.98. The molecule has 26 heavy (non-hydrogen) atoms. The molecule has 0 bridgehead atoms. The molecule has 142 valence electrons. The van der Waals surface area contributed by atoms with E-state index < -0.39 is 12.1 Å². The van der Waals surface area contributed by atoms with Crippen LogP contribution in [0.1, 0.15) is 38.7 Å². The Morgan fingerprint density at radius 3 is 2.73 bits per heavy atom. The van der Waals surface area contributed by atoms with Crippen molar-refractivity contribution in [1.29, 1.82) is 0 Å². The fraction of sp³-hybridized carbons (Fsp3) is 0.474. The molecule has 0 heterocycles. The average molecular weight is 382 g/mol. The predicted octanol–water partition coefficient (Wildman–Crippen LogP) is 3.36. The van der Waals surface area contributed by atoms with E-state index in [-0.39, 0.29) is 11.9 Å². The van der Waals surface area contributed by atoms with E-state index in [9.17, 15) is 9.59 Å². The summed E-state index contributed by atoms with van der Waals surface area (Å²) < 4.78 is 16.0. The van der Waals surface area contributed by atoms with Gasteiger partial charge in [-0.05, 0) is 50.0 Å². The highest BCUT2D eigenvalue weighted by molar-refractivity contribution is 6.32. The van der Waals surface area contributed by atoms with Crippen LogP contribution in [0.5, 0.6) is 11.5 Å². The Bertz CT molecular complexity index is 685. The molecule has 1 N–H and O–H groups in total. The first-order chi connectivity index (χ1) is 12.4. The summed E-state index contributed by atoms with van der Waals surface area (Å²) in [5, 5.41) is 3.18. The van der Waals surface area contributed by atoms with Gasteiger partial charge in [-0.15, -0.1) is 0 Å². The van der Waals surface area contributed by atoms with E-state index in [2.05, 4.69) is 5.32 Å². The first kappa shape index (κ1) is 20.1. The van der Waals surface area contributed by atoms with Gasteiger partial charge in [-0.3, -0.25) is 4.79 Å². The van der Waals surface area contributed by atoms with Crippen molar-refractivity contribution < 1.29 is 23.8 Å². The number of methoxy groups -OCH3 is 1. The van der Waals surface area contributed by atoms with Crippen molar-refractivity contribution in [3.8, 4) is 11.5 Å². The highest BCUT2D eigenvalue weighted by Gasteiger charge is 2.26. The fourth-order valence-electron chi connectivity index (χ4n) is 2.16. The van der Waals surface area contributed by atoms with Gasteiger partial charge in [0.2, 0.25) is 0 Å². The number of esters is 1. The molecule has 1 aromatic carbocycles. The maximum Gasteiger partial charge on any atom is 0.331 e. The van der Waals surface area contributed by atoms with Crippen molar-refractivity contribution in [3.63, 3.8) is 0 Å². The molecule has 0 aromatic heterocycles. The monoisotopic (exact) mass is 381 g/mol. The predicted molar refractivity (Wildman–Crippen MR) is 99.5 cm³/mol. The molecule has 1 aliphatic rings. The molecule has 0 radical (unpaired) electrons. The minimum atomic E-state index is -0.837. The second-order valence-corrected chi connectivity index (χ2v) is 6.49. The molecule has 0 unspecified atom stereocenters. The van der Waals surface area contributed by atoms with E-state index in [1.807, 2.05) is 6.92 Å². The number of rotatable bonds is 9. The number of hydrogen-bond acceptors (Lipinski definition) is 5. The normalized spacial score (nSPS) is 14.8. The third kappa shape index (κ3) is 5.95. The van der Waals surface area contributed by atoms with Crippen LogP contribution in [0, 0.1) is 0 Å². The summed E-state index contributed by atoms with van der Waals surface area (Å²) in [5.41, 5.74) is 0.655. The van der Waals surface area contributed by atoms with E-state index >= 15 is 0 Å². The van der Waals surface area contributed by atoms with E-state index in [0.717, 1.165) is 19.3 Å². The maximum absolute atomic E-state index is 11.9. The van der Waals surface area contributed by atoms with Crippen molar-refractivity contribution in [3.05, 3.63) is 28.8 Å². The zero-order valence-electron chi connectivity index (χ0n) is 15.2. The van der Waals surface area contributed by atoms with Gasteiger partial charge in [0.1, 0.15) is 0 Å². The third-order valence-electron chi connectivity index (χ3n) is 3.70. The van der Waals surface area contributed by atoms with Gasteiger partial charge in [-0.1, -0.05) is 18.5 Å². The van der Waals surface area contributed by atoms with Gasteiger partial charge in [0.05, 0.1) is 18.7 Å². The lowest BCUT2D eigenvalue weighted by atomic mass is 10.2. The minimum absolute atomic E-state index is 0.224. The first-order valence-electron chi connectivity index (χ1n) is 8.64. The largest absolute Gasteiger partial charge is 0.493 e. The van der Waals surface area contributed by atoms with Crippen LogP contribution in [0.15, 0.2) is 18.2 Å². The van der Waals surface area contributed by atoms with Crippen LogP contribution in [0.3, 0.4) is 0 Å². The minimum Gasteiger partial charge on any atom is -0.493 e. The first-order valence-corrected chi connectivity index (χ1v) is 9.01. The lowest BCUT2D eigenvalue weighted by molar-refractivity contribution is -0.150. The number of ether oxygens (including phenoxy) is 3. The van der Waals surface area contributed by atoms with E-state index in [0.29, 0.717) is 28.7 Å². The smallest absolute Gasteiger partial charge is 0.331 e. The quantitative estimate of drug-likeness (QED) is 0.524. The van der Waals surface area contributed by atoms with Gasteiger partial charge in [-0.25, -0.2) is 4.79 Å². The molecule has 2 rings (SSSR count). The molecule has 1 aliphatic carbocycles. The Kier molecular flexibility index (Phi) is 7.33. The zero-order valence-corrected chi connectivity index (χ0v) is 16.0. The van der Waals surface area contributed by atoms with Crippen molar-refractivity contribution in [2.75, 3.05) is 13.7 Å². The number of nitrogens with one attached hydrogen (secondary N) is 1. The van der Waals surface area contributed by atoms with Crippen LogP contribution in [-0.4, -0.2) is 37.7 Å². The second kappa shape index (κ2) is 9.48. The van der Waals surface area contributed by atoms with Gasteiger partial charge in [0, 0.05) is 12.1 Å². The Morgan fingerprint density at radius 2 is 2.12 bits per heavy atom. The van der Waals surface area contributed by atoms with Gasteiger partial charge in [-0.2, -0.15) is 0 Å². The Morgan fingerprint density at radius 1 is 1.38 bits per heavy atom. The molecule has 0 spiro atoms. The lowest BCUT2D eigenvalue weighted by Crippen LogP contribution is -2.36. The lowest BCUT2D eigenvalue weighted by Gasteiger charge is -2.13. The van der Waals surface area contributed by atoms with Gasteiger partial charge < -0.3 is 19.5 Å². The van der Waals surface area contributed by atoms with E-state index in [1.165, 1.54) is 13.2 Å². The van der Waals surface area contributed by atoms with Crippen molar-refractivity contribution in [1.82, 2.24) is 5.32 Å². The molecule has 7 heteroatoms. The van der Waals surface area contributed by atoms with Crippen LogP contribution < -0.4 is 14.8 Å². The average Bonchev–Trinajstić information content (AvgIpc) is 3.42. The molecule has 1 saturated carbocycles. The van der Waals surface area contributed by atoms with Crippen LogP contribution in [0.4, 0.5) is 0 Å². The van der Waals surface area contributed by atoms with Crippen LogP contribution in [-0.2, 0) is 14.3 Å². The van der Waals surface area contributed by atoms with Crippen molar-refractivity contribution in [2.24, 2.45) is 0 Å². The number of carbonyl (C=O) groups excluding carboxylic acids is 2. The number of benzene rings is 1. The molecular formula is C19H24ClNO5. The molecule has 1 amide bonds. The molecule has 0 saturated heterocycles. The summed E-state index contributed by atoms with van der Waals surface area (Å²) in [6, 6.07) is 3.61. The summed E-state index contributed by atoms with van der Waals surface area (Å²) >= 11 is 6.24. The number of amides is 1. The molecule has 1 atom stereocenters. The summed E-state index contributed by atoms with van der Waals surface area (Å²) in [7, 11) is 1.52. The molecule has 0 aliphatic heterocycles. The summed E-state index contributed by atoms with van der Waals surface area (Å²) in [6.45, 7) is 4.07. The zero-order chi connectivity index (χ0) is 19.1. The van der Waals surface area contributed by atoms with Gasteiger partial charge >= 0.3 is 5.97 Å². The van der Waals surface area contributed by atoms with E-state index in [1.54, 1.807) is 25.1 Å². The number of halogens is 1. The molecule has 6 nitrogen and oxygen atoms in total. The summed E-state index contributed by atoms with van der Waals surface area (Å²) in [5.74, 6) is 0.0681. The molecule has 1 aromatic rings. The number of hydrogen-bond donors (Lipinski definition) is 1. The fourth-order valence-corrected chi connectivity index (χ4v) is 2.43. The highest BCUT2D eigenvalue weighted by atomic mass is 35.5. The third-order valence-corrected chi connectivity index (χ3v) is 3.98. The Hall–Kier alpha value is -2.21. The second-order valence-electron chi connectivity index (χ2n) is 6.08. The Labute approximate surface area is 158 Å². The SMILES string of the molecule is CCCOc1c(Cl)cc(/C=C/C(=O)O[C@@H](C)C(=O)NC2CC2)cc1OC. The standard InChI is InChI=1S/C19H24ClNO5/c1-4-9-25-18-15(20)10-13(11-16(18)24-3)5-8-17(22)26-12(2)19(23)21-14-6-7-14/h5,8,10-12,14H,4,6-7,9H2,1-3H3,(H,21,23)/b8-5+/t12-/m0/s1. The topological polar surface area (TPSA) is 73.9 Å². The van der Waals surface area contributed by atoms with Crippen LogP contribution in [0.25, 0.3) is 6.08 Å². The van der Waals surface area contributed by atoms with Crippen LogP contribution in [0.2, 0.25) is 5.02 Å². The number of carbonyl (C=O) groups is 2. The summed E-state index contributed by atoms with van der Waals surface area (Å²) in [6.07, 6.45) is 4.76. The summed E-state index contributed by atoms with van der Waals surface area (Å²) in [4.78, 5) is 23.7. The van der Waals surface area contributed by atoms with Crippen molar-refractivity contribution in [2.45, 2.75) is 45.3 Å². The van der Waals surface area contributed by atoms with Crippen LogP contribution >= 0.6 is 11.6 Å².